The van der Waals surface area contributed by atoms with Gasteiger partial charge in [0.1, 0.15) is 0 Å². The molecule has 13 heavy (non-hydrogen) atoms. The van der Waals surface area contributed by atoms with Crippen LogP contribution < -0.4 is 5.73 Å². The lowest BCUT2D eigenvalue weighted by Crippen LogP contribution is -2.08. The summed E-state index contributed by atoms with van der Waals surface area (Å²) in [7, 11) is 0. The normalized spacial score (nSPS) is 11.9. The molecule has 0 saturated heterocycles. The van der Waals surface area contributed by atoms with Gasteiger partial charge in [-0.3, -0.25) is 0 Å². The SMILES string of the molecule is CC#CCCC(N)c1csc(I)c1. The first-order valence-electron chi connectivity index (χ1n) is 4.13. The summed E-state index contributed by atoms with van der Waals surface area (Å²) in [5, 5.41) is 2.13. The molecule has 0 fully saturated rings. The van der Waals surface area contributed by atoms with Crippen LogP contribution in [-0.2, 0) is 0 Å². The summed E-state index contributed by atoms with van der Waals surface area (Å²) in [5.41, 5.74) is 7.23. The van der Waals surface area contributed by atoms with E-state index in [0.717, 1.165) is 12.8 Å². The molecule has 0 aliphatic carbocycles. The highest BCUT2D eigenvalue weighted by Gasteiger charge is 2.06. The highest BCUT2D eigenvalue weighted by atomic mass is 127. The molecule has 0 amide bonds. The van der Waals surface area contributed by atoms with Crippen LogP contribution in [0.4, 0.5) is 0 Å². The Labute approximate surface area is 96.9 Å². The Morgan fingerprint density at radius 3 is 3.00 bits per heavy atom. The standard InChI is InChI=1S/C10H12INS/c1-2-3-4-5-9(12)8-6-10(11)13-7-8/h6-7,9H,4-5,12H2,1H3. The number of nitrogens with two attached hydrogens (primary N) is 1. The van der Waals surface area contributed by atoms with Gasteiger partial charge in [0.2, 0.25) is 0 Å². The lowest BCUT2D eigenvalue weighted by atomic mass is 10.1. The van der Waals surface area contributed by atoms with Gasteiger partial charge >= 0.3 is 0 Å². The van der Waals surface area contributed by atoms with E-state index in [1.165, 1.54) is 8.45 Å². The summed E-state index contributed by atoms with van der Waals surface area (Å²) in [6, 6.07) is 2.30. The van der Waals surface area contributed by atoms with Gasteiger partial charge in [-0.05, 0) is 52.9 Å². The van der Waals surface area contributed by atoms with Gasteiger partial charge in [0.05, 0.1) is 2.88 Å². The lowest BCUT2D eigenvalue weighted by molar-refractivity contribution is 0.670. The molecule has 0 saturated carbocycles. The third-order valence-corrected chi connectivity index (χ3v) is 3.58. The van der Waals surface area contributed by atoms with E-state index in [0.29, 0.717) is 0 Å². The third kappa shape index (κ3) is 3.67. The fraction of sp³-hybridized carbons (Fsp3) is 0.400. The van der Waals surface area contributed by atoms with Crippen LogP contribution in [0.3, 0.4) is 0 Å². The van der Waals surface area contributed by atoms with Crippen molar-refractivity contribution in [2.24, 2.45) is 5.73 Å². The van der Waals surface area contributed by atoms with Gasteiger partial charge in [-0.15, -0.1) is 23.2 Å². The Balaban J connectivity index is 2.47. The van der Waals surface area contributed by atoms with Crippen LogP contribution in [-0.4, -0.2) is 0 Å². The molecule has 1 rings (SSSR count). The zero-order valence-corrected chi connectivity index (χ0v) is 10.5. The fourth-order valence-corrected chi connectivity index (χ4v) is 2.47. The summed E-state index contributed by atoms with van der Waals surface area (Å²) in [6.07, 6.45) is 1.84. The van der Waals surface area contributed by atoms with Crippen molar-refractivity contribution in [1.29, 1.82) is 0 Å². The maximum Gasteiger partial charge on any atom is 0.0656 e. The average Bonchev–Trinajstić information content (AvgIpc) is 2.52. The summed E-state index contributed by atoms with van der Waals surface area (Å²) in [6.45, 7) is 1.86. The van der Waals surface area contributed by atoms with E-state index in [-0.39, 0.29) is 6.04 Å². The minimum atomic E-state index is 0.153. The summed E-state index contributed by atoms with van der Waals surface area (Å²) < 4.78 is 1.30. The smallest absolute Gasteiger partial charge is 0.0656 e. The molecule has 2 N–H and O–H groups in total. The molecule has 0 radical (unpaired) electrons. The van der Waals surface area contributed by atoms with E-state index >= 15 is 0 Å². The van der Waals surface area contributed by atoms with E-state index in [9.17, 15) is 0 Å². The van der Waals surface area contributed by atoms with Crippen LogP contribution >= 0.6 is 33.9 Å². The third-order valence-electron chi connectivity index (χ3n) is 1.77. The zero-order chi connectivity index (χ0) is 9.68. The van der Waals surface area contributed by atoms with Gasteiger partial charge in [-0.2, -0.15) is 0 Å². The topological polar surface area (TPSA) is 26.0 Å². The molecule has 3 heteroatoms. The Morgan fingerprint density at radius 1 is 1.69 bits per heavy atom. The molecule has 1 heterocycles. The molecule has 1 nitrogen and oxygen atoms in total. The minimum Gasteiger partial charge on any atom is -0.324 e. The van der Waals surface area contributed by atoms with Crippen LogP contribution in [0.5, 0.6) is 0 Å². The van der Waals surface area contributed by atoms with Crippen LogP contribution in [0.2, 0.25) is 0 Å². The summed E-state index contributed by atoms with van der Waals surface area (Å²) in [4.78, 5) is 0. The van der Waals surface area contributed by atoms with Gasteiger partial charge in [0.15, 0.2) is 0 Å². The van der Waals surface area contributed by atoms with E-state index < -0.39 is 0 Å². The number of hydrogen-bond donors (Lipinski definition) is 1. The molecular formula is C10H12INS. The zero-order valence-electron chi connectivity index (χ0n) is 7.51. The Morgan fingerprint density at radius 2 is 2.46 bits per heavy atom. The maximum atomic E-state index is 5.98. The van der Waals surface area contributed by atoms with Gasteiger partial charge in [-0.1, -0.05) is 0 Å². The van der Waals surface area contributed by atoms with E-state index in [1.807, 2.05) is 6.92 Å². The quantitative estimate of drug-likeness (QED) is 0.674. The van der Waals surface area contributed by atoms with E-state index in [4.69, 9.17) is 5.73 Å². The van der Waals surface area contributed by atoms with Crippen molar-refractivity contribution >= 4 is 33.9 Å². The molecule has 0 spiro atoms. The Kier molecular flexibility index (Phi) is 4.78. The number of hydrogen-bond acceptors (Lipinski definition) is 2. The van der Waals surface area contributed by atoms with Crippen molar-refractivity contribution in [2.75, 3.05) is 0 Å². The van der Waals surface area contributed by atoms with Crippen molar-refractivity contribution < 1.29 is 0 Å². The second-order valence-corrected chi connectivity index (χ2v) is 5.56. The first-order chi connectivity index (χ1) is 6.24. The van der Waals surface area contributed by atoms with E-state index in [2.05, 4.69) is 45.9 Å². The molecule has 1 atom stereocenters. The largest absolute Gasteiger partial charge is 0.324 e. The van der Waals surface area contributed by atoms with Gasteiger partial charge < -0.3 is 5.73 Å². The summed E-state index contributed by atoms with van der Waals surface area (Å²) >= 11 is 4.06. The van der Waals surface area contributed by atoms with Crippen LogP contribution in [0.1, 0.15) is 31.4 Å². The number of thiophene rings is 1. The molecule has 0 aliphatic heterocycles. The predicted octanol–water partition coefficient (Wildman–Crippen LogP) is 3.16. The van der Waals surface area contributed by atoms with Crippen LogP contribution in [0.15, 0.2) is 11.4 Å². The minimum absolute atomic E-state index is 0.153. The molecule has 0 aliphatic rings. The van der Waals surface area contributed by atoms with Crippen molar-refractivity contribution in [3.63, 3.8) is 0 Å². The van der Waals surface area contributed by atoms with Crippen LogP contribution in [0, 0.1) is 14.7 Å². The Hall–Kier alpha value is -0.0500. The maximum absolute atomic E-state index is 5.98. The van der Waals surface area contributed by atoms with Gasteiger partial charge in [0, 0.05) is 12.5 Å². The van der Waals surface area contributed by atoms with Crippen molar-refractivity contribution in [2.45, 2.75) is 25.8 Å². The summed E-state index contributed by atoms with van der Waals surface area (Å²) in [5.74, 6) is 5.90. The predicted molar refractivity (Wildman–Crippen MR) is 66.6 cm³/mol. The second kappa shape index (κ2) is 5.63. The first-order valence-corrected chi connectivity index (χ1v) is 6.09. The molecule has 1 aromatic heterocycles. The van der Waals surface area contributed by atoms with Gasteiger partial charge in [-0.25, -0.2) is 0 Å². The number of rotatable bonds is 3. The van der Waals surface area contributed by atoms with E-state index in [1.54, 1.807) is 11.3 Å². The van der Waals surface area contributed by atoms with Crippen molar-refractivity contribution in [3.05, 3.63) is 19.9 Å². The fourth-order valence-electron chi connectivity index (χ4n) is 1.04. The molecule has 0 bridgehead atoms. The molecule has 0 aromatic carbocycles. The first kappa shape index (κ1) is 11.0. The highest BCUT2D eigenvalue weighted by Crippen LogP contribution is 2.23. The van der Waals surface area contributed by atoms with Crippen LogP contribution in [0.25, 0.3) is 0 Å². The molecule has 1 unspecified atom stereocenters. The number of halogens is 1. The molecule has 1 aromatic rings. The molecular weight excluding hydrogens is 293 g/mol. The van der Waals surface area contributed by atoms with Crippen molar-refractivity contribution in [1.82, 2.24) is 0 Å². The molecule has 70 valence electrons. The monoisotopic (exact) mass is 305 g/mol. The highest BCUT2D eigenvalue weighted by molar-refractivity contribution is 14.1. The van der Waals surface area contributed by atoms with Gasteiger partial charge in [0.25, 0.3) is 0 Å². The Bertz CT molecular complexity index is 321. The van der Waals surface area contributed by atoms with Crippen molar-refractivity contribution in [3.8, 4) is 11.8 Å². The second-order valence-electron chi connectivity index (χ2n) is 2.76. The lowest BCUT2D eigenvalue weighted by Gasteiger charge is -2.06. The average molecular weight is 305 g/mol.